The lowest BCUT2D eigenvalue weighted by molar-refractivity contribution is 0.370. The lowest BCUT2D eigenvalue weighted by atomic mass is 10.1. The summed E-state index contributed by atoms with van der Waals surface area (Å²) in [5.41, 5.74) is 3.40. The zero-order valence-corrected chi connectivity index (χ0v) is 17.6. The van der Waals surface area contributed by atoms with Gasteiger partial charge in [-0.15, -0.1) is 0 Å². The minimum Gasteiger partial charge on any atom is -0.504 e. The first-order valence-corrected chi connectivity index (χ1v) is 10.3. The Morgan fingerprint density at radius 2 is 2.03 bits per heavy atom. The van der Waals surface area contributed by atoms with Gasteiger partial charge in [0.2, 0.25) is 0 Å². The quantitative estimate of drug-likeness (QED) is 0.496. The number of hydrogen-bond donors (Lipinski definition) is 3. The number of benzene rings is 2. The van der Waals surface area contributed by atoms with Gasteiger partial charge < -0.3 is 25.4 Å². The molecule has 1 aliphatic rings. The Hall–Kier alpha value is -2.89. The van der Waals surface area contributed by atoms with Crippen LogP contribution in [0.1, 0.15) is 24.5 Å². The number of nitrogens with zero attached hydrogens (tertiary/aromatic N) is 2. The number of ether oxygens (including phenoxy) is 1. The summed E-state index contributed by atoms with van der Waals surface area (Å²) in [6.45, 7) is 7.58. The first kappa shape index (κ1) is 20.8. The molecule has 2 aromatic carbocycles. The van der Waals surface area contributed by atoms with Gasteiger partial charge in [0.25, 0.3) is 0 Å². The molecule has 3 N–H and O–H groups in total. The topological polar surface area (TPSA) is 69.1 Å². The van der Waals surface area contributed by atoms with Gasteiger partial charge >= 0.3 is 0 Å². The second kappa shape index (κ2) is 10.0. The third kappa shape index (κ3) is 5.56. The van der Waals surface area contributed by atoms with Crippen molar-refractivity contribution in [1.29, 1.82) is 0 Å². The molecule has 1 aliphatic heterocycles. The number of hydrogen-bond acceptors (Lipinski definition) is 4. The van der Waals surface area contributed by atoms with E-state index in [0.29, 0.717) is 24.8 Å². The molecule has 1 atom stereocenters. The SMILES string of the molecule is CCNC(=NCCc1cccc(OC)c1O)NC1CCN(c2ccc(C)cc2)C1. The molecule has 0 spiro atoms. The minimum absolute atomic E-state index is 0.202. The Balaban J connectivity index is 1.56. The number of nitrogens with one attached hydrogen (secondary N) is 2. The molecular weight excluding hydrogens is 364 g/mol. The van der Waals surface area contributed by atoms with Crippen LogP contribution in [0.5, 0.6) is 11.5 Å². The van der Waals surface area contributed by atoms with E-state index in [2.05, 4.69) is 53.6 Å². The first-order chi connectivity index (χ1) is 14.1. The highest BCUT2D eigenvalue weighted by Crippen LogP contribution is 2.29. The summed E-state index contributed by atoms with van der Waals surface area (Å²) in [6, 6.07) is 14.6. The molecule has 3 rings (SSSR count). The first-order valence-electron chi connectivity index (χ1n) is 10.3. The fourth-order valence-electron chi connectivity index (χ4n) is 3.60. The standard InChI is InChI=1S/C23H32N4O2/c1-4-24-23(25-14-12-18-6-5-7-21(29-3)22(18)28)26-19-13-15-27(16-19)20-10-8-17(2)9-11-20/h5-11,19,28H,4,12-16H2,1-3H3,(H2,24,25,26). The summed E-state index contributed by atoms with van der Waals surface area (Å²) < 4.78 is 5.18. The zero-order valence-electron chi connectivity index (χ0n) is 17.6. The molecule has 0 saturated carbocycles. The number of phenolic OH excluding ortho intramolecular Hbond substituents is 1. The van der Waals surface area contributed by atoms with E-state index >= 15 is 0 Å². The van der Waals surface area contributed by atoms with E-state index in [-0.39, 0.29) is 5.75 Å². The second-order valence-electron chi connectivity index (χ2n) is 7.39. The van der Waals surface area contributed by atoms with Crippen LogP contribution in [0, 0.1) is 6.92 Å². The molecule has 0 radical (unpaired) electrons. The fourth-order valence-corrected chi connectivity index (χ4v) is 3.60. The van der Waals surface area contributed by atoms with Gasteiger partial charge in [-0.05, 0) is 50.5 Å². The zero-order chi connectivity index (χ0) is 20.6. The maximum absolute atomic E-state index is 10.2. The van der Waals surface area contributed by atoms with Gasteiger partial charge in [-0.1, -0.05) is 29.8 Å². The predicted octanol–water partition coefficient (Wildman–Crippen LogP) is 3.09. The number of aryl methyl sites for hydroxylation is 1. The van der Waals surface area contributed by atoms with Crippen LogP contribution < -0.4 is 20.3 Å². The number of para-hydroxylation sites is 1. The van der Waals surface area contributed by atoms with Crippen molar-refractivity contribution in [3.05, 3.63) is 53.6 Å². The maximum Gasteiger partial charge on any atom is 0.191 e. The van der Waals surface area contributed by atoms with Crippen molar-refractivity contribution in [2.45, 2.75) is 32.7 Å². The third-order valence-electron chi connectivity index (χ3n) is 5.23. The van der Waals surface area contributed by atoms with E-state index in [1.54, 1.807) is 13.2 Å². The molecule has 1 unspecified atom stereocenters. The van der Waals surface area contributed by atoms with Crippen LogP contribution in [0.25, 0.3) is 0 Å². The van der Waals surface area contributed by atoms with Gasteiger partial charge in [-0.25, -0.2) is 0 Å². The van der Waals surface area contributed by atoms with E-state index in [1.807, 2.05) is 12.1 Å². The maximum atomic E-state index is 10.2. The number of aromatic hydroxyl groups is 1. The van der Waals surface area contributed by atoms with E-state index in [0.717, 1.165) is 37.6 Å². The Kier molecular flexibility index (Phi) is 7.22. The molecule has 29 heavy (non-hydrogen) atoms. The van der Waals surface area contributed by atoms with Crippen molar-refractivity contribution in [2.24, 2.45) is 4.99 Å². The smallest absolute Gasteiger partial charge is 0.191 e. The number of methoxy groups -OCH3 is 1. The fraction of sp³-hybridized carbons (Fsp3) is 0.435. The van der Waals surface area contributed by atoms with Crippen LogP contribution >= 0.6 is 0 Å². The van der Waals surface area contributed by atoms with Crippen LogP contribution in [-0.2, 0) is 6.42 Å². The monoisotopic (exact) mass is 396 g/mol. The number of aliphatic imine (C=N–C) groups is 1. The van der Waals surface area contributed by atoms with Gasteiger partial charge in [0.15, 0.2) is 17.5 Å². The number of phenols is 1. The largest absolute Gasteiger partial charge is 0.504 e. The molecular formula is C23H32N4O2. The highest BCUT2D eigenvalue weighted by molar-refractivity contribution is 5.80. The van der Waals surface area contributed by atoms with Crippen LogP contribution in [-0.4, -0.2) is 50.4 Å². The lowest BCUT2D eigenvalue weighted by Gasteiger charge is -2.20. The molecule has 2 aromatic rings. The van der Waals surface area contributed by atoms with E-state index in [4.69, 9.17) is 9.73 Å². The van der Waals surface area contributed by atoms with Crippen molar-refractivity contribution in [1.82, 2.24) is 10.6 Å². The molecule has 6 nitrogen and oxygen atoms in total. The summed E-state index contributed by atoms with van der Waals surface area (Å²) in [5.74, 6) is 1.52. The van der Waals surface area contributed by atoms with Crippen LogP contribution in [0.2, 0.25) is 0 Å². The van der Waals surface area contributed by atoms with E-state index in [1.165, 1.54) is 11.3 Å². The summed E-state index contributed by atoms with van der Waals surface area (Å²) in [6.07, 6.45) is 1.73. The Labute approximate surface area is 173 Å². The van der Waals surface area contributed by atoms with E-state index < -0.39 is 0 Å². The van der Waals surface area contributed by atoms with Gasteiger partial charge in [-0.2, -0.15) is 0 Å². The number of anilines is 1. The lowest BCUT2D eigenvalue weighted by Crippen LogP contribution is -2.44. The van der Waals surface area contributed by atoms with Crippen molar-refractivity contribution >= 4 is 11.6 Å². The van der Waals surface area contributed by atoms with Gasteiger partial charge in [0.1, 0.15) is 0 Å². The van der Waals surface area contributed by atoms with Crippen molar-refractivity contribution in [2.75, 3.05) is 38.2 Å². The molecule has 0 amide bonds. The second-order valence-corrected chi connectivity index (χ2v) is 7.39. The minimum atomic E-state index is 0.202. The molecule has 0 aliphatic carbocycles. The number of guanidine groups is 1. The molecule has 0 bridgehead atoms. The van der Waals surface area contributed by atoms with Crippen LogP contribution in [0.4, 0.5) is 5.69 Å². The Morgan fingerprint density at radius 1 is 1.24 bits per heavy atom. The van der Waals surface area contributed by atoms with Gasteiger partial charge in [0.05, 0.1) is 7.11 Å². The summed E-state index contributed by atoms with van der Waals surface area (Å²) in [5, 5.41) is 17.1. The van der Waals surface area contributed by atoms with Crippen molar-refractivity contribution in [3.63, 3.8) is 0 Å². The van der Waals surface area contributed by atoms with Crippen LogP contribution in [0.3, 0.4) is 0 Å². The Bertz CT molecular complexity index is 820. The summed E-state index contributed by atoms with van der Waals surface area (Å²) in [7, 11) is 1.56. The Morgan fingerprint density at radius 3 is 2.76 bits per heavy atom. The van der Waals surface area contributed by atoms with Gasteiger partial charge in [-0.3, -0.25) is 4.99 Å². The van der Waals surface area contributed by atoms with E-state index in [9.17, 15) is 5.11 Å². The van der Waals surface area contributed by atoms with Crippen molar-refractivity contribution < 1.29 is 9.84 Å². The molecule has 156 valence electrons. The highest BCUT2D eigenvalue weighted by Gasteiger charge is 2.23. The predicted molar refractivity (Wildman–Crippen MR) is 119 cm³/mol. The summed E-state index contributed by atoms with van der Waals surface area (Å²) in [4.78, 5) is 7.11. The van der Waals surface area contributed by atoms with Gasteiger partial charge in [0, 0.05) is 37.9 Å². The average molecular weight is 397 g/mol. The van der Waals surface area contributed by atoms with Crippen LogP contribution in [0.15, 0.2) is 47.5 Å². The molecule has 6 heteroatoms. The normalized spacial score (nSPS) is 16.7. The van der Waals surface area contributed by atoms with Crippen molar-refractivity contribution in [3.8, 4) is 11.5 Å². The number of rotatable bonds is 7. The molecule has 0 aromatic heterocycles. The third-order valence-corrected chi connectivity index (χ3v) is 5.23. The highest BCUT2D eigenvalue weighted by atomic mass is 16.5. The molecule has 1 heterocycles. The average Bonchev–Trinajstić information content (AvgIpc) is 3.18. The molecule has 1 fully saturated rings. The summed E-state index contributed by atoms with van der Waals surface area (Å²) >= 11 is 0. The molecule has 1 saturated heterocycles.